The molecule has 0 fully saturated rings. The molecule has 128 valence electrons. The predicted octanol–water partition coefficient (Wildman–Crippen LogP) is 3.69. The molecule has 2 unspecified atom stereocenters. The summed E-state index contributed by atoms with van der Waals surface area (Å²) in [5.74, 6) is -9.73. The molecule has 1 heterocycles. The number of halogens is 5. The standard InChI is InChI=1S/C15H10F5NO2S/c1-22-5-3-4-6(23-2)14-13(5)21-15(24-14)7-8(16)10(18)12(20)11(19)9(7)17/h3-4,6,14H,1-2H3. The number of hydrogen-bond donors (Lipinski definition) is 0. The summed E-state index contributed by atoms with van der Waals surface area (Å²) in [7, 11) is 2.81. The van der Waals surface area contributed by atoms with Gasteiger partial charge >= 0.3 is 0 Å². The van der Waals surface area contributed by atoms with Gasteiger partial charge in [-0.1, -0.05) is 17.8 Å². The second kappa shape index (κ2) is 6.21. The molecule has 1 aromatic carbocycles. The number of ether oxygens (including phenoxy) is 2. The number of nitrogens with zero attached hydrogens (tertiary/aromatic N) is 1. The van der Waals surface area contributed by atoms with E-state index in [1.807, 2.05) is 0 Å². The number of fused-ring (bicyclic) bond motifs is 1. The molecule has 0 saturated carbocycles. The summed E-state index contributed by atoms with van der Waals surface area (Å²) in [5.41, 5.74) is -0.737. The highest BCUT2D eigenvalue weighted by Gasteiger charge is 2.39. The summed E-state index contributed by atoms with van der Waals surface area (Å²) in [5, 5.41) is -0.831. The number of benzene rings is 1. The van der Waals surface area contributed by atoms with Gasteiger partial charge in [0.15, 0.2) is 23.3 Å². The molecule has 0 spiro atoms. The van der Waals surface area contributed by atoms with Crippen molar-refractivity contribution in [1.82, 2.24) is 0 Å². The first kappa shape index (κ1) is 17.0. The minimum absolute atomic E-state index is 0.316. The van der Waals surface area contributed by atoms with Gasteiger partial charge < -0.3 is 9.47 Å². The van der Waals surface area contributed by atoms with Gasteiger partial charge in [0.05, 0.1) is 29.7 Å². The number of rotatable bonds is 3. The molecule has 2 aliphatic rings. The van der Waals surface area contributed by atoms with Crippen molar-refractivity contribution in [3.63, 3.8) is 0 Å². The van der Waals surface area contributed by atoms with E-state index >= 15 is 0 Å². The molecule has 0 N–H and O–H groups in total. The molecule has 0 bridgehead atoms. The number of methoxy groups -OCH3 is 2. The molecule has 0 amide bonds. The van der Waals surface area contributed by atoms with Crippen molar-refractivity contribution in [2.24, 2.45) is 4.99 Å². The zero-order valence-corrected chi connectivity index (χ0v) is 13.2. The predicted molar refractivity (Wildman–Crippen MR) is 78.1 cm³/mol. The van der Waals surface area contributed by atoms with Crippen LogP contribution in [-0.4, -0.2) is 30.6 Å². The molecule has 1 aliphatic carbocycles. The molecule has 0 radical (unpaired) electrons. The highest BCUT2D eigenvalue weighted by Crippen LogP contribution is 2.42. The molecule has 2 atom stereocenters. The van der Waals surface area contributed by atoms with Crippen LogP contribution in [0.15, 0.2) is 28.6 Å². The van der Waals surface area contributed by atoms with E-state index in [0.29, 0.717) is 11.5 Å². The van der Waals surface area contributed by atoms with Crippen molar-refractivity contribution >= 4 is 16.8 Å². The molecule has 0 aromatic heterocycles. The summed E-state index contributed by atoms with van der Waals surface area (Å²) < 4.78 is 78.3. The van der Waals surface area contributed by atoms with E-state index in [0.717, 1.165) is 11.8 Å². The van der Waals surface area contributed by atoms with Crippen LogP contribution in [0.4, 0.5) is 22.0 Å². The molecule has 1 aliphatic heterocycles. The van der Waals surface area contributed by atoms with Gasteiger partial charge in [0.1, 0.15) is 10.8 Å². The SMILES string of the molecule is COC1=C2N=C(c3c(F)c(F)c(F)c(F)c3F)SC2C(OC)C=C1. The van der Waals surface area contributed by atoms with Crippen LogP contribution in [0.5, 0.6) is 0 Å². The average molecular weight is 363 g/mol. The third-order valence-corrected chi connectivity index (χ3v) is 4.90. The van der Waals surface area contributed by atoms with Gasteiger partial charge in [-0.15, -0.1) is 0 Å². The van der Waals surface area contributed by atoms with Crippen LogP contribution < -0.4 is 0 Å². The van der Waals surface area contributed by atoms with Crippen molar-refractivity contribution in [3.8, 4) is 0 Å². The Balaban J connectivity index is 2.15. The van der Waals surface area contributed by atoms with E-state index in [1.165, 1.54) is 14.2 Å². The minimum Gasteiger partial charge on any atom is -0.495 e. The fraction of sp³-hybridized carbons (Fsp3) is 0.267. The minimum atomic E-state index is -2.21. The van der Waals surface area contributed by atoms with E-state index in [9.17, 15) is 22.0 Å². The largest absolute Gasteiger partial charge is 0.495 e. The molecule has 3 rings (SSSR count). The first-order valence-corrected chi connectivity index (χ1v) is 7.55. The topological polar surface area (TPSA) is 30.8 Å². The van der Waals surface area contributed by atoms with E-state index < -0.39 is 46.0 Å². The Hall–Kier alpha value is -1.87. The fourth-order valence-corrected chi connectivity index (χ4v) is 3.75. The van der Waals surface area contributed by atoms with Crippen LogP contribution in [0.3, 0.4) is 0 Å². The Labute approximate surface area is 137 Å². The zero-order valence-electron chi connectivity index (χ0n) is 12.4. The number of aliphatic imine (C=N–C) groups is 1. The Morgan fingerprint density at radius 1 is 0.958 bits per heavy atom. The maximum atomic E-state index is 14.0. The van der Waals surface area contributed by atoms with E-state index in [2.05, 4.69) is 4.99 Å². The molecule has 9 heteroatoms. The lowest BCUT2D eigenvalue weighted by atomic mass is 10.1. The first-order valence-electron chi connectivity index (χ1n) is 6.67. The average Bonchev–Trinajstić information content (AvgIpc) is 3.02. The normalized spacial score (nSPS) is 22.7. The third-order valence-electron chi connectivity index (χ3n) is 3.63. The quantitative estimate of drug-likeness (QED) is 0.466. The Morgan fingerprint density at radius 2 is 1.54 bits per heavy atom. The van der Waals surface area contributed by atoms with Gasteiger partial charge in [-0.2, -0.15) is 0 Å². The monoisotopic (exact) mass is 363 g/mol. The van der Waals surface area contributed by atoms with Gasteiger partial charge in [-0.05, 0) is 6.08 Å². The molecule has 0 saturated heterocycles. The van der Waals surface area contributed by atoms with Gasteiger partial charge in [0.2, 0.25) is 5.82 Å². The summed E-state index contributed by atoms with van der Waals surface area (Å²) >= 11 is 0.851. The Kier molecular flexibility index (Phi) is 4.39. The van der Waals surface area contributed by atoms with Gasteiger partial charge in [-0.25, -0.2) is 26.9 Å². The van der Waals surface area contributed by atoms with Crippen molar-refractivity contribution < 1.29 is 31.4 Å². The smallest absolute Gasteiger partial charge is 0.200 e. The van der Waals surface area contributed by atoms with Crippen LogP contribution >= 0.6 is 11.8 Å². The Morgan fingerprint density at radius 3 is 2.08 bits per heavy atom. The van der Waals surface area contributed by atoms with E-state index in [-0.39, 0.29) is 5.04 Å². The zero-order chi connectivity index (χ0) is 17.6. The highest BCUT2D eigenvalue weighted by atomic mass is 32.2. The maximum Gasteiger partial charge on any atom is 0.200 e. The summed E-state index contributed by atoms with van der Waals surface area (Å²) in [6.07, 6.45) is 2.76. The van der Waals surface area contributed by atoms with Gasteiger partial charge in [0.25, 0.3) is 0 Å². The second-order valence-corrected chi connectivity index (χ2v) is 6.04. The lowest BCUT2D eigenvalue weighted by Gasteiger charge is -2.23. The van der Waals surface area contributed by atoms with Crippen LogP contribution in [0.1, 0.15) is 5.56 Å². The third kappa shape index (κ3) is 2.42. The molecular formula is C15H10F5NO2S. The first-order chi connectivity index (χ1) is 11.4. The Bertz CT molecular complexity index is 777. The van der Waals surface area contributed by atoms with E-state index in [1.54, 1.807) is 12.2 Å². The van der Waals surface area contributed by atoms with Crippen molar-refractivity contribution in [2.75, 3.05) is 14.2 Å². The van der Waals surface area contributed by atoms with Crippen molar-refractivity contribution in [1.29, 1.82) is 0 Å². The van der Waals surface area contributed by atoms with Crippen LogP contribution in [-0.2, 0) is 9.47 Å². The van der Waals surface area contributed by atoms with Gasteiger partial charge in [-0.3, -0.25) is 0 Å². The summed E-state index contributed by atoms with van der Waals surface area (Å²) in [6, 6.07) is 0. The summed E-state index contributed by atoms with van der Waals surface area (Å²) in [4.78, 5) is 4.03. The molecule has 24 heavy (non-hydrogen) atoms. The number of hydrogen-bond acceptors (Lipinski definition) is 4. The molecular weight excluding hydrogens is 353 g/mol. The highest BCUT2D eigenvalue weighted by molar-refractivity contribution is 8.15. The number of allylic oxidation sites excluding steroid dienone is 1. The van der Waals surface area contributed by atoms with Crippen LogP contribution in [0.25, 0.3) is 0 Å². The molecule has 1 aromatic rings. The van der Waals surface area contributed by atoms with Crippen LogP contribution in [0, 0.1) is 29.1 Å². The van der Waals surface area contributed by atoms with Crippen molar-refractivity contribution in [3.05, 3.63) is 58.3 Å². The maximum absolute atomic E-state index is 14.0. The van der Waals surface area contributed by atoms with E-state index in [4.69, 9.17) is 9.47 Å². The fourth-order valence-electron chi connectivity index (χ4n) is 2.44. The number of thioether (sulfide) groups is 1. The van der Waals surface area contributed by atoms with Gasteiger partial charge in [0, 0.05) is 7.11 Å². The summed E-state index contributed by atoms with van der Waals surface area (Å²) in [6.45, 7) is 0. The molecule has 3 nitrogen and oxygen atoms in total. The lowest BCUT2D eigenvalue weighted by molar-refractivity contribution is 0.141. The lowest BCUT2D eigenvalue weighted by Crippen LogP contribution is -2.26. The van der Waals surface area contributed by atoms with Crippen molar-refractivity contribution in [2.45, 2.75) is 11.4 Å². The second-order valence-electron chi connectivity index (χ2n) is 4.91. The van der Waals surface area contributed by atoms with Crippen LogP contribution in [0.2, 0.25) is 0 Å².